The zero-order chi connectivity index (χ0) is 18.5. The lowest BCUT2D eigenvalue weighted by Gasteiger charge is -2.32. The number of hydrogen-bond acceptors (Lipinski definition) is 2. The zero-order valence-electron chi connectivity index (χ0n) is 16.0. The Balaban J connectivity index is 0.000000880. The minimum Gasteiger partial charge on any atom is -0.294 e. The van der Waals surface area contributed by atoms with Crippen molar-refractivity contribution in [2.75, 3.05) is 0 Å². The molecule has 0 radical (unpaired) electrons. The molecule has 0 aliphatic heterocycles. The summed E-state index contributed by atoms with van der Waals surface area (Å²) in [5.41, 5.74) is 8.58. The molecule has 0 fully saturated rings. The summed E-state index contributed by atoms with van der Waals surface area (Å²) in [6.45, 7) is 12.4. The Morgan fingerprint density at radius 1 is 0.840 bits per heavy atom. The van der Waals surface area contributed by atoms with Crippen LogP contribution in [0.25, 0.3) is 0 Å². The molecule has 4 rings (SSSR count). The Bertz CT molecular complexity index is 889. The summed E-state index contributed by atoms with van der Waals surface area (Å²) in [6.07, 6.45) is 0.341. The molecule has 2 heteroatoms. The third-order valence-corrected chi connectivity index (χ3v) is 6.03. The van der Waals surface area contributed by atoms with E-state index in [-0.39, 0.29) is 23.4 Å². The molecule has 2 unspecified atom stereocenters. The lowest BCUT2D eigenvalue weighted by molar-refractivity contribution is 0.0843. The van der Waals surface area contributed by atoms with Crippen LogP contribution in [0.15, 0.2) is 24.3 Å². The highest BCUT2D eigenvalue weighted by Gasteiger charge is 2.47. The van der Waals surface area contributed by atoms with Gasteiger partial charge in [-0.15, -0.1) is 0 Å². The molecule has 0 aromatic heterocycles. The van der Waals surface area contributed by atoms with Crippen LogP contribution in [0, 0.1) is 33.6 Å². The maximum absolute atomic E-state index is 12.8. The van der Waals surface area contributed by atoms with E-state index >= 15 is 0 Å². The molecule has 25 heavy (non-hydrogen) atoms. The Morgan fingerprint density at radius 3 is 2.12 bits per heavy atom. The summed E-state index contributed by atoms with van der Waals surface area (Å²) >= 11 is 0. The van der Waals surface area contributed by atoms with E-state index in [1.807, 2.05) is 39.0 Å². The van der Waals surface area contributed by atoms with E-state index in [4.69, 9.17) is 0 Å². The molecular formula is C23H26O2. The molecule has 2 aliphatic rings. The van der Waals surface area contributed by atoms with Crippen molar-refractivity contribution in [3.05, 3.63) is 68.8 Å². The largest absolute Gasteiger partial charge is 0.294 e. The molecule has 0 bridgehead atoms. The fourth-order valence-electron chi connectivity index (χ4n) is 4.52. The van der Waals surface area contributed by atoms with Gasteiger partial charge in [0.1, 0.15) is 0 Å². The van der Waals surface area contributed by atoms with Crippen LogP contribution in [0.4, 0.5) is 0 Å². The van der Waals surface area contributed by atoms with E-state index in [9.17, 15) is 9.59 Å². The van der Waals surface area contributed by atoms with Crippen molar-refractivity contribution in [2.45, 2.75) is 53.9 Å². The average Bonchev–Trinajstić information content (AvgIpc) is 2.91. The Kier molecular flexibility index (Phi) is 4.40. The summed E-state index contributed by atoms with van der Waals surface area (Å²) in [5, 5.41) is 0. The number of carbonyl (C=O) groups is 2. The van der Waals surface area contributed by atoms with Crippen molar-refractivity contribution >= 4 is 11.6 Å². The van der Waals surface area contributed by atoms with Gasteiger partial charge in [-0.3, -0.25) is 9.59 Å². The van der Waals surface area contributed by atoms with E-state index in [1.165, 1.54) is 16.7 Å². The number of carbonyl (C=O) groups excluding carboxylic acids is 2. The van der Waals surface area contributed by atoms with Gasteiger partial charge in [-0.25, -0.2) is 0 Å². The second kappa shape index (κ2) is 6.25. The first kappa shape index (κ1) is 17.6. The first-order chi connectivity index (χ1) is 11.9. The number of ketones is 2. The van der Waals surface area contributed by atoms with Crippen molar-refractivity contribution < 1.29 is 9.59 Å². The van der Waals surface area contributed by atoms with E-state index in [1.54, 1.807) is 0 Å². The predicted molar refractivity (Wildman–Crippen MR) is 102 cm³/mol. The van der Waals surface area contributed by atoms with Gasteiger partial charge >= 0.3 is 0 Å². The molecule has 2 atom stereocenters. The van der Waals surface area contributed by atoms with Crippen LogP contribution in [-0.4, -0.2) is 11.6 Å². The first-order valence-electron chi connectivity index (χ1n) is 9.20. The minimum absolute atomic E-state index is 0.0457. The Hall–Kier alpha value is -2.22. The van der Waals surface area contributed by atoms with Gasteiger partial charge in [0.25, 0.3) is 0 Å². The lowest BCUT2D eigenvalue weighted by Crippen LogP contribution is -2.28. The van der Waals surface area contributed by atoms with Gasteiger partial charge < -0.3 is 0 Å². The van der Waals surface area contributed by atoms with Crippen molar-refractivity contribution in [1.82, 2.24) is 0 Å². The van der Waals surface area contributed by atoms with Crippen molar-refractivity contribution in [1.29, 1.82) is 0 Å². The molecule has 0 spiro atoms. The van der Waals surface area contributed by atoms with Gasteiger partial charge in [-0.2, -0.15) is 0 Å². The maximum atomic E-state index is 12.8. The third-order valence-electron chi connectivity index (χ3n) is 6.03. The second-order valence-corrected chi connectivity index (χ2v) is 6.95. The fraction of sp³-hybridized carbons (Fsp3) is 0.391. The molecule has 0 saturated heterocycles. The SMILES string of the molecule is CC.Cc1c(C)c(C)c2c(c1C)C(=O)CC1C(=O)c3ccccc3C21. The molecule has 130 valence electrons. The number of Topliss-reactive ketones (excluding diaryl/α,β-unsaturated/α-hetero) is 2. The van der Waals surface area contributed by atoms with Crippen molar-refractivity contribution in [3.8, 4) is 0 Å². The van der Waals surface area contributed by atoms with Crippen LogP contribution < -0.4 is 0 Å². The van der Waals surface area contributed by atoms with Gasteiger partial charge in [0.15, 0.2) is 11.6 Å². The monoisotopic (exact) mass is 334 g/mol. The highest BCUT2D eigenvalue weighted by Crippen LogP contribution is 2.50. The van der Waals surface area contributed by atoms with E-state index in [2.05, 4.69) is 26.8 Å². The van der Waals surface area contributed by atoms with Crippen LogP contribution in [0.2, 0.25) is 0 Å². The Morgan fingerprint density at radius 2 is 1.44 bits per heavy atom. The average molecular weight is 334 g/mol. The van der Waals surface area contributed by atoms with Gasteiger partial charge in [-0.1, -0.05) is 38.1 Å². The number of benzene rings is 2. The lowest BCUT2D eigenvalue weighted by atomic mass is 9.70. The van der Waals surface area contributed by atoms with E-state index in [0.717, 1.165) is 27.8 Å². The van der Waals surface area contributed by atoms with Crippen LogP contribution in [0.1, 0.15) is 80.3 Å². The Labute approximate surface area is 150 Å². The molecule has 0 saturated carbocycles. The standard InChI is InChI=1S/C21H20O2.C2H6/c1-10-11(2)13(4)19-18(12(10)3)17(22)9-16-20(19)14-7-5-6-8-15(14)21(16)23;1-2/h5-8,16,20H,9H2,1-4H3;1-2H3. The van der Waals surface area contributed by atoms with Crippen LogP contribution in [-0.2, 0) is 0 Å². The zero-order valence-corrected chi connectivity index (χ0v) is 16.0. The highest BCUT2D eigenvalue weighted by atomic mass is 16.1. The molecular weight excluding hydrogens is 308 g/mol. The topological polar surface area (TPSA) is 34.1 Å². The number of hydrogen-bond donors (Lipinski definition) is 0. The quantitative estimate of drug-likeness (QED) is 0.639. The van der Waals surface area contributed by atoms with Crippen LogP contribution in [0.5, 0.6) is 0 Å². The van der Waals surface area contributed by atoms with Crippen LogP contribution >= 0.6 is 0 Å². The maximum Gasteiger partial charge on any atom is 0.167 e. The minimum atomic E-state index is -0.215. The van der Waals surface area contributed by atoms with E-state index in [0.29, 0.717) is 6.42 Å². The summed E-state index contributed by atoms with van der Waals surface area (Å²) in [7, 11) is 0. The van der Waals surface area contributed by atoms with Gasteiger partial charge in [0.2, 0.25) is 0 Å². The van der Waals surface area contributed by atoms with Gasteiger partial charge in [0, 0.05) is 29.4 Å². The molecule has 0 heterocycles. The molecule has 0 N–H and O–H groups in total. The molecule has 2 aromatic carbocycles. The summed E-state index contributed by atoms with van der Waals surface area (Å²) in [4.78, 5) is 25.6. The van der Waals surface area contributed by atoms with Gasteiger partial charge in [-0.05, 0) is 61.1 Å². The highest BCUT2D eigenvalue weighted by molar-refractivity contribution is 6.11. The molecule has 2 nitrogen and oxygen atoms in total. The van der Waals surface area contributed by atoms with E-state index < -0.39 is 0 Å². The predicted octanol–water partition coefficient (Wildman–Crippen LogP) is 5.48. The van der Waals surface area contributed by atoms with Gasteiger partial charge in [0.05, 0.1) is 0 Å². The molecule has 2 aliphatic carbocycles. The molecule has 2 aromatic rings. The molecule has 0 amide bonds. The summed E-state index contributed by atoms with van der Waals surface area (Å²) in [5.74, 6) is 0.1000. The smallest absolute Gasteiger partial charge is 0.167 e. The number of rotatable bonds is 0. The fourth-order valence-corrected chi connectivity index (χ4v) is 4.52. The first-order valence-corrected chi connectivity index (χ1v) is 9.20. The van der Waals surface area contributed by atoms with Crippen LogP contribution in [0.3, 0.4) is 0 Å². The summed E-state index contributed by atoms with van der Waals surface area (Å²) in [6, 6.07) is 7.87. The second-order valence-electron chi connectivity index (χ2n) is 6.95. The third kappa shape index (κ3) is 2.31. The normalized spacial score (nSPS) is 20.4. The number of fused-ring (bicyclic) bond motifs is 5. The van der Waals surface area contributed by atoms with Crippen molar-refractivity contribution in [2.24, 2.45) is 5.92 Å². The van der Waals surface area contributed by atoms with Crippen molar-refractivity contribution in [3.63, 3.8) is 0 Å². The summed E-state index contributed by atoms with van der Waals surface area (Å²) < 4.78 is 0.